The molecule has 9 heteroatoms. The third kappa shape index (κ3) is 4.89. The largest absolute Gasteiger partial charge is 0.496 e. The van der Waals surface area contributed by atoms with Crippen LogP contribution in [0.4, 0.5) is 13.2 Å². The highest BCUT2D eigenvalue weighted by Gasteiger charge is 2.39. The molecule has 0 aliphatic carbocycles. The number of aromatic nitrogens is 1. The maximum Gasteiger partial charge on any atom is 0.418 e. The van der Waals surface area contributed by atoms with Crippen molar-refractivity contribution in [1.82, 2.24) is 15.2 Å². The lowest BCUT2D eigenvalue weighted by Gasteiger charge is -2.48. The van der Waals surface area contributed by atoms with Crippen LogP contribution in [0.3, 0.4) is 0 Å². The third-order valence-electron chi connectivity index (χ3n) is 7.20. The molecule has 3 aromatic rings. The van der Waals surface area contributed by atoms with Gasteiger partial charge in [-0.15, -0.1) is 11.3 Å². The van der Waals surface area contributed by atoms with Crippen molar-refractivity contribution in [2.24, 2.45) is 0 Å². The second kappa shape index (κ2) is 9.43. The molecule has 2 unspecified atom stereocenters. The topological polar surface area (TPSA) is 54.5 Å². The fraction of sp³-hybridized carbons (Fsp3) is 0.462. The van der Waals surface area contributed by atoms with E-state index in [1.807, 2.05) is 19.1 Å². The fourth-order valence-electron chi connectivity index (χ4n) is 5.59. The van der Waals surface area contributed by atoms with E-state index in [2.05, 4.69) is 15.2 Å². The quantitative estimate of drug-likeness (QED) is 0.468. The van der Waals surface area contributed by atoms with Crippen molar-refractivity contribution < 1.29 is 22.7 Å². The lowest BCUT2D eigenvalue weighted by atomic mass is 9.81. The summed E-state index contributed by atoms with van der Waals surface area (Å²) in [5.74, 6) is 0.666. The van der Waals surface area contributed by atoms with E-state index in [1.165, 1.54) is 17.4 Å². The number of ether oxygens (including phenoxy) is 1. The molecule has 0 saturated carbocycles. The number of piperidine rings is 2. The summed E-state index contributed by atoms with van der Waals surface area (Å²) in [6, 6.07) is 10.3. The predicted molar refractivity (Wildman–Crippen MR) is 130 cm³/mol. The Bertz CT molecular complexity index is 1230. The van der Waals surface area contributed by atoms with E-state index in [0.29, 0.717) is 21.8 Å². The van der Waals surface area contributed by atoms with Gasteiger partial charge in [-0.05, 0) is 68.5 Å². The first-order chi connectivity index (χ1) is 16.7. The molecule has 5 nitrogen and oxygen atoms in total. The molecule has 186 valence electrons. The Morgan fingerprint density at radius 1 is 1.20 bits per heavy atom. The van der Waals surface area contributed by atoms with E-state index in [1.54, 1.807) is 19.2 Å². The minimum absolute atomic E-state index is 0.0436. The summed E-state index contributed by atoms with van der Waals surface area (Å²) in [6.45, 7) is 2.46. The number of methoxy groups -OCH3 is 1. The molecule has 1 aromatic heterocycles. The first kappa shape index (κ1) is 24.1. The van der Waals surface area contributed by atoms with Crippen LogP contribution in [0.2, 0.25) is 0 Å². The van der Waals surface area contributed by atoms with Crippen molar-refractivity contribution in [2.45, 2.75) is 69.9 Å². The number of nitrogens with zero attached hydrogens (tertiary/aromatic N) is 2. The molecule has 0 spiro atoms. The van der Waals surface area contributed by atoms with Crippen LogP contribution in [0.25, 0.3) is 10.2 Å². The molecule has 2 bridgehead atoms. The van der Waals surface area contributed by atoms with Crippen molar-refractivity contribution in [2.75, 3.05) is 7.11 Å². The van der Waals surface area contributed by atoms with Gasteiger partial charge in [-0.1, -0.05) is 12.5 Å². The Labute approximate surface area is 206 Å². The second-order valence-corrected chi connectivity index (χ2v) is 10.6. The number of carbonyl (C=O) groups excluding carboxylic acids is 1. The Morgan fingerprint density at radius 3 is 2.60 bits per heavy atom. The number of thiazole rings is 1. The zero-order valence-electron chi connectivity index (χ0n) is 19.7. The van der Waals surface area contributed by atoms with Gasteiger partial charge in [0.25, 0.3) is 5.91 Å². The highest BCUT2D eigenvalue weighted by Crippen LogP contribution is 2.39. The lowest BCUT2D eigenvalue weighted by molar-refractivity contribution is -0.136. The van der Waals surface area contributed by atoms with Crippen LogP contribution in [-0.2, 0) is 12.7 Å². The molecule has 2 saturated heterocycles. The summed E-state index contributed by atoms with van der Waals surface area (Å²) in [5.41, 5.74) is 0.900. The van der Waals surface area contributed by atoms with E-state index in [0.717, 1.165) is 49.5 Å². The van der Waals surface area contributed by atoms with Gasteiger partial charge in [0.05, 0.1) is 29.4 Å². The van der Waals surface area contributed by atoms with Gasteiger partial charge in [-0.2, -0.15) is 13.2 Å². The van der Waals surface area contributed by atoms with Crippen molar-refractivity contribution >= 4 is 27.5 Å². The number of nitrogens with one attached hydrogen (secondary N) is 1. The molecular formula is C26H28F3N3O2S. The SMILES string of the molecule is COc1ccc(C(=O)NC2CC3CCCC(C2)N3Cc2nc3c(C(F)(F)F)cccc3s2)cc1C. The highest BCUT2D eigenvalue weighted by atomic mass is 32.1. The molecule has 2 aliphatic rings. The van der Waals surface area contributed by atoms with Gasteiger partial charge in [0, 0.05) is 23.7 Å². The Morgan fingerprint density at radius 2 is 1.94 bits per heavy atom. The number of amides is 1. The summed E-state index contributed by atoms with van der Waals surface area (Å²) >= 11 is 1.34. The second-order valence-electron chi connectivity index (χ2n) is 9.49. The highest BCUT2D eigenvalue weighted by molar-refractivity contribution is 7.18. The summed E-state index contributed by atoms with van der Waals surface area (Å²) in [7, 11) is 1.61. The van der Waals surface area contributed by atoms with Gasteiger partial charge in [0.1, 0.15) is 10.8 Å². The Balaban J connectivity index is 1.29. The van der Waals surface area contributed by atoms with Gasteiger partial charge in [-0.25, -0.2) is 4.98 Å². The first-order valence-corrected chi connectivity index (χ1v) is 12.7. The van der Waals surface area contributed by atoms with Crippen LogP contribution in [0.1, 0.15) is 58.6 Å². The first-order valence-electron chi connectivity index (χ1n) is 11.9. The normalized spacial score (nSPS) is 22.8. The molecule has 2 fully saturated rings. The smallest absolute Gasteiger partial charge is 0.418 e. The summed E-state index contributed by atoms with van der Waals surface area (Å²) in [5, 5.41) is 3.93. The Hall–Kier alpha value is -2.65. The molecular weight excluding hydrogens is 475 g/mol. The summed E-state index contributed by atoms with van der Waals surface area (Å²) < 4.78 is 46.1. The molecule has 1 N–H and O–H groups in total. The van der Waals surface area contributed by atoms with Crippen LogP contribution in [0.15, 0.2) is 36.4 Å². The average molecular weight is 504 g/mol. The fourth-order valence-corrected chi connectivity index (χ4v) is 6.59. The molecule has 1 amide bonds. The molecule has 35 heavy (non-hydrogen) atoms. The minimum atomic E-state index is -4.42. The average Bonchev–Trinajstić information content (AvgIpc) is 3.21. The zero-order valence-corrected chi connectivity index (χ0v) is 20.5. The van der Waals surface area contributed by atoms with Crippen LogP contribution in [0, 0.1) is 6.92 Å². The van der Waals surface area contributed by atoms with Crippen LogP contribution in [-0.4, -0.2) is 41.0 Å². The number of alkyl halides is 3. The van der Waals surface area contributed by atoms with E-state index >= 15 is 0 Å². The number of aryl methyl sites for hydroxylation is 1. The molecule has 2 aromatic carbocycles. The van der Waals surface area contributed by atoms with E-state index in [-0.39, 0.29) is 29.5 Å². The van der Waals surface area contributed by atoms with Crippen molar-refractivity contribution in [3.8, 4) is 5.75 Å². The maximum atomic E-state index is 13.4. The van der Waals surface area contributed by atoms with E-state index in [4.69, 9.17) is 4.74 Å². The third-order valence-corrected chi connectivity index (χ3v) is 8.21. The van der Waals surface area contributed by atoms with Gasteiger partial charge in [0.2, 0.25) is 0 Å². The summed E-state index contributed by atoms with van der Waals surface area (Å²) in [4.78, 5) is 19.7. The lowest BCUT2D eigenvalue weighted by Crippen LogP contribution is -2.56. The van der Waals surface area contributed by atoms with Crippen LogP contribution < -0.4 is 10.1 Å². The van der Waals surface area contributed by atoms with Crippen LogP contribution in [0.5, 0.6) is 5.75 Å². The number of hydrogen-bond donors (Lipinski definition) is 1. The van der Waals surface area contributed by atoms with Crippen molar-refractivity contribution in [3.63, 3.8) is 0 Å². The van der Waals surface area contributed by atoms with Crippen LogP contribution >= 0.6 is 11.3 Å². The van der Waals surface area contributed by atoms with Crippen molar-refractivity contribution in [1.29, 1.82) is 0 Å². The zero-order chi connectivity index (χ0) is 24.7. The molecule has 0 radical (unpaired) electrons. The molecule has 3 heterocycles. The van der Waals surface area contributed by atoms with Crippen molar-refractivity contribution in [3.05, 3.63) is 58.1 Å². The van der Waals surface area contributed by atoms with Gasteiger partial charge < -0.3 is 10.1 Å². The van der Waals surface area contributed by atoms with E-state index < -0.39 is 11.7 Å². The number of benzene rings is 2. The molecule has 5 rings (SSSR count). The minimum Gasteiger partial charge on any atom is -0.496 e. The number of carbonyl (C=O) groups is 1. The predicted octanol–water partition coefficient (Wildman–Crippen LogP) is 5.95. The molecule has 2 atom stereocenters. The standard InChI is InChI=1S/C26H28F3N3O2S/c1-15-11-16(9-10-21(15)34-2)25(33)30-17-12-18-5-3-6-19(13-17)32(18)14-23-31-24-20(26(27,28)29)7-4-8-22(24)35-23/h4,7-11,17-19H,3,5-6,12-14H2,1-2H3,(H,30,33). The number of halogens is 3. The van der Waals surface area contributed by atoms with Gasteiger partial charge >= 0.3 is 6.18 Å². The number of para-hydroxylation sites is 1. The van der Waals surface area contributed by atoms with E-state index in [9.17, 15) is 18.0 Å². The number of rotatable bonds is 5. The Kier molecular flexibility index (Phi) is 6.48. The maximum absolute atomic E-state index is 13.4. The number of fused-ring (bicyclic) bond motifs is 3. The summed E-state index contributed by atoms with van der Waals surface area (Å²) in [6.07, 6.45) is 0.404. The monoisotopic (exact) mass is 503 g/mol. The van der Waals surface area contributed by atoms with Gasteiger partial charge in [0.15, 0.2) is 0 Å². The number of hydrogen-bond acceptors (Lipinski definition) is 5. The molecule has 2 aliphatic heterocycles. The van der Waals surface area contributed by atoms with Gasteiger partial charge in [-0.3, -0.25) is 9.69 Å².